The zero-order valence-corrected chi connectivity index (χ0v) is 11.2. The van der Waals surface area contributed by atoms with Gasteiger partial charge in [0, 0.05) is 0 Å². The summed E-state index contributed by atoms with van der Waals surface area (Å²) in [5.74, 6) is 0.305. The highest BCUT2D eigenvalue weighted by atomic mass is 31.2. The van der Waals surface area contributed by atoms with Crippen LogP contribution in [-0.4, -0.2) is 44.4 Å². The number of aromatic nitrogens is 4. The summed E-state index contributed by atoms with van der Waals surface area (Å²) in [6.07, 6.45) is 2.20. The Balaban J connectivity index is 2.09. The van der Waals surface area contributed by atoms with Gasteiger partial charge in [-0.15, -0.1) is 0 Å². The van der Waals surface area contributed by atoms with Gasteiger partial charge in [-0.1, -0.05) is 0 Å². The number of hydrogen-bond acceptors (Lipinski definition) is 6. The summed E-state index contributed by atoms with van der Waals surface area (Å²) in [6, 6.07) is 0. The quantitative estimate of drug-likeness (QED) is 0.590. The fraction of sp³-hybridized carbons (Fsp3) is 0.444. The van der Waals surface area contributed by atoms with Gasteiger partial charge in [-0.2, -0.15) is 0 Å². The lowest BCUT2D eigenvalue weighted by Crippen LogP contribution is -2.17. The van der Waals surface area contributed by atoms with Crippen LogP contribution in [-0.2, 0) is 15.8 Å². The molecule has 0 bridgehead atoms. The van der Waals surface area contributed by atoms with Crippen molar-refractivity contribution in [3.63, 3.8) is 0 Å². The average Bonchev–Trinajstić information content (AvgIpc) is 2.71. The van der Waals surface area contributed by atoms with Gasteiger partial charge in [-0.05, 0) is 6.92 Å². The van der Waals surface area contributed by atoms with E-state index >= 15 is 0 Å². The molecule has 0 aromatic carbocycles. The summed E-state index contributed by atoms with van der Waals surface area (Å²) in [5, 5.41) is 0. The van der Waals surface area contributed by atoms with Crippen LogP contribution >= 0.6 is 7.25 Å². The third-order valence-corrected chi connectivity index (χ3v) is 2.95. The van der Waals surface area contributed by atoms with E-state index in [9.17, 15) is 4.57 Å². The van der Waals surface area contributed by atoms with Crippen molar-refractivity contribution in [1.29, 1.82) is 0 Å². The number of imidazole rings is 1. The van der Waals surface area contributed by atoms with Gasteiger partial charge in [0.15, 0.2) is 18.7 Å². The van der Waals surface area contributed by atoms with E-state index in [2.05, 4.69) is 15.0 Å². The lowest BCUT2D eigenvalue weighted by atomic mass is 10.4. The Kier molecular flexibility index (Phi) is 3.89. The fourth-order valence-electron chi connectivity index (χ4n) is 1.60. The Morgan fingerprint density at radius 1 is 1.58 bits per heavy atom. The predicted octanol–water partition coefficient (Wildman–Crippen LogP) is 0.125. The van der Waals surface area contributed by atoms with Gasteiger partial charge < -0.3 is 24.5 Å². The maximum Gasteiger partial charge on any atom is 0.205 e. The van der Waals surface area contributed by atoms with E-state index < -0.39 is 13.6 Å². The standard InChI is InChI=1S/C9H13BN5O3P/c1-6(18-5-19(10,16)17)2-15-4-14-7-8(11)12-3-13-9(7)15/h3-4,6H,2,5H2,1H3,(H,16,17)(H2,11,12,13)/t6-/m1/s1. The number of nitrogen functional groups attached to an aromatic ring is 1. The van der Waals surface area contributed by atoms with Crippen LogP contribution < -0.4 is 5.73 Å². The second-order valence-corrected chi connectivity index (χ2v) is 5.96. The predicted molar refractivity (Wildman–Crippen MR) is 70.7 cm³/mol. The normalized spacial score (nSPS) is 16.3. The summed E-state index contributed by atoms with van der Waals surface area (Å²) in [7, 11) is 1.34. The molecule has 2 heterocycles. The molecule has 0 aliphatic heterocycles. The summed E-state index contributed by atoms with van der Waals surface area (Å²) in [4.78, 5) is 21.0. The van der Waals surface area contributed by atoms with E-state index in [-0.39, 0.29) is 6.10 Å². The molecule has 8 nitrogen and oxygen atoms in total. The molecule has 2 aromatic heterocycles. The molecule has 100 valence electrons. The van der Waals surface area contributed by atoms with Gasteiger partial charge in [0.05, 0.1) is 19.0 Å². The zero-order chi connectivity index (χ0) is 14.0. The van der Waals surface area contributed by atoms with Crippen molar-refractivity contribution in [3.8, 4) is 0 Å². The first kappa shape index (κ1) is 14.0. The molecule has 2 aromatic rings. The summed E-state index contributed by atoms with van der Waals surface area (Å²) >= 11 is 0. The Morgan fingerprint density at radius 3 is 3.00 bits per heavy atom. The van der Waals surface area contributed by atoms with Crippen LogP contribution in [0.2, 0.25) is 0 Å². The van der Waals surface area contributed by atoms with E-state index in [1.165, 1.54) is 6.33 Å². The molecular formula is C9H13BN5O3P. The molecule has 0 saturated carbocycles. The Labute approximate surface area is 110 Å². The van der Waals surface area contributed by atoms with Crippen molar-refractivity contribution in [3.05, 3.63) is 12.7 Å². The Bertz CT molecular complexity index is 627. The zero-order valence-electron chi connectivity index (χ0n) is 10.3. The molecule has 0 aliphatic carbocycles. The first-order valence-electron chi connectivity index (χ1n) is 5.50. The van der Waals surface area contributed by atoms with Gasteiger partial charge in [0.1, 0.15) is 18.2 Å². The lowest BCUT2D eigenvalue weighted by molar-refractivity contribution is 0.0839. The van der Waals surface area contributed by atoms with Crippen molar-refractivity contribution in [2.24, 2.45) is 0 Å². The molecule has 0 spiro atoms. The number of anilines is 1. The SMILES string of the molecule is [B]P(=O)(O)CO[C@H](C)Cn1cnc2c(N)ncnc21. The molecule has 3 N–H and O–H groups in total. The third-order valence-electron chi connectivity index (χ3n) is 2.43. The molecule has 0 amide bonds. The van der Waals surface area contributed by atoms with Gasteiger partial charge in [0.25, 0.3) is 0 Å². The molecule has 0 aliphatic rings. The van der Waals surface area contributed by atoms with Crippen LogP contribution in [0.1, 0.15) is 6.92 Å². The second kappa shape index (κ2) is 5.28. The van der Waals surface area contributed by atoms with Gasteiger partial charge in [0.2, 0.25) is 7.57 Å². The molecule has 10 heteroatoms. The number of ether oxygens (including phenoxy) is 1. The van der Waals surface area contributed by atoms with Crippen molar-refractivity contribution in [1.82, 2.24) is 19.5 Å². The molecular weight excluding hydrogens is 268 g/mol. The average molecular weight is 281 g/mol. The second-order valence-electron chi connectivity index (χ2n) is 4.19. The van der Waals surface area contributed by atoms with Gasteiger partial charge in [-0.25, -0.2) is 15.0 Å². The van der Waals surface area contributed by atoms with Crippen LogP contribution in [0, 0.1) is 0 Å². The van der Waals surface area contributed by atoms with Crippen molar-refractivity contribution < 1.29 is 14.2 Å². The minimum Gasteiger partial charge on any atom is -0.382 e. The van der Waals surface area contributed by atoms with E-state index in [1.807, 2.05) is 0 Å². The maximum absolute atomic E-state index is 10.9. The van der Waals surface area contributed by atoms with Crippen LogP contribution in [0.25, 0.3) is 11.2 Å². The molecule has 0 saturated heterocycles. The van der Waals surface area contributed by atoms with Crippen molar-refractivity contribution in [2.45, 2.75) is 19.6 Å². The maximum atomic E-state index is 10.9. The highest BCUT2D eigenvalue weighted by Gasteiger charge is 2.14. The molecule has 2 radical (unpaired) electrons. The summed E-state index contributed by atoms with van der Waals surface area (Å²) in [5.41, 5.74) is 6.77. The first-order chi connectivity index (χ1) is 8.87. The minimum absolute atomic E-state index is 0.305. The Morgan fingerprint density at radius 2 is 2.32 bits per heavy atom. The molecule has 19 heavy (non-hydrogen) atoms. The molecule has 2 rings (SSSR count). The fourth-order valence-corrected chi connectivity index (χ4v) is 2.06. The minimum atomic E-state index is -3.66. The van der Waals surface area contributed by atoms with E-state index in [1.54, 1.807) is 17.8 Å². The van der Waals surface area contributed by atoms with Crippen LogP contribution in [0.15, 0.2) is 12.7 Å². The van der Waals surface area contributed by atoms with E-state index in [0.29, 0.717) is 23.5 Å². The number of hydrogen-bond donors (Lipinski definition) is 2. The highest BCUT2D eigenvalue weighted by Crippen LogP contribution is 2.33. The molecule has 0 fully saturated rings. The monoisotopic (exact) mass is 281 g/mol. The van der Waals surface area contributed by atoms with E-state index in [4.69, 9.17) is 22.9 Å². The van der Waals surface area contributed by atoms with Crippen molar-refractivity contribution in [2.75, 3.05) is 12.1 Å². The van der Waals surface area contributed by atoms with Crippen molar-refractivity contribution >= 4 is 31.8 Å². The third kappa shape index (κ3) is 3.53. The molecule has 2 atom stereocenters. The number of fused-ring (bicyclic) bond motifs is 1. The number of nitrogens with two attached hydrogens (primary N) is 1. The molecule has 1 unspecified atom stereocenters. The van der Waals surface area contributed by atoms with Crippen LogP contribution in [0.4, 0.5) is 5.82 Å². The summed E-state index contributed by atoms with van der Waals surface area (Å²) < 4.78 is 17.9. The van der Waals surface area contributed by atoms with E-state index in [0.717, 1.165) is 0 Å². The first-order valence-corrected chi connectivity index (χ1v) is 7.41. The largest absolute Gasteiger partial charge is 0.382 e. The van der Waals surface area contributed by atoms with Gasteiger partial charge in [-0.3, -0.25) is 0 Å². The van der Waals surface area contributed by atoms with Gasteiger partial charge >= 0.3 is 0 Å². The lowest BCUT2D eigenvalue weighted by Gasteiger charge is -2.15. The number of rotatable bonds is 5. The highest BCUT2D eigenvalue weighted by molar-refractivity contribution is 7.82. The number of nitrogens with zero attached hydrogens (tertiary/aromatic N) is 4. The summed E-state index contributed by atoms with van der Waals surface area (Å²) in [6.45, 7) is 2.17. The van der Waals surface area contributed by atoms with Crippen LogP contribution in [0.5, 0.6) is 0 Å². The Hall–Kier alpha value is -1.44. The smallest absolute Gasteiger partial charge is 0.205 e. The van der Waals surface area contributed by atoms with Crippen LogP contribution in [0.3, 0.4) is 0 Å². The topological polar surface area (TPSA) is 116 Å².